The van der Waals surface area contributed by atoms with Gasteiger partial charge in [-0.15, -0.1) is 6.58 Å². The van der Waals surface area contributed by atoms with E-state index in [1.54, 1.807) is 17.8 Å². The summed E-state index contributed by atoms with van der Waals surface area (Å²) in [5, 5.41) is 9.86. The van der Waals surface area contributed by atoms with Crippen molar-refractivity contribution in [3.8, 4) is 5.75 Å². The molecule has 1 aromatic carbocycles. The van der Waals surface area contributed by atoms with E-state index in [4.69, 9.17) is 17.0 Å². The van der Waals surface area contributed by atoms with Gasteiger partial charge in [0.1, 0.15) is 5.75 Å². The Morgan fingerprint density at radius 2 is 2.22 bits per heavy atom. The maximum atomic E-state index is 12.2. The lowest BCUT2D eigenvalue weighted by molar-refractivity contribution is -0.121. The van der Waals surface area contributed by atoms with Crippen molar-refractivity contribution in [3.63, 3.8) is 0 Å². The normalized spacial score (nSPS) is 11.7. The van der Waals surface area contributed by atoms with E-state index < -0.39 is 0 Å². The van der Waals surface area contributed by atoms with E-state index in [0.717, 1.165) is 11.3 Å². The topological polar surface area (TPSA) is 71.9 Å². The minimum atomic E-state index is -0.256. The molecule has 0 radical (unpaired) electrons. The molecule has 2 aromatic rings. The number of rotatable bonds is 7. The maximum Gasteiger partial charge on any atom is 0.224 e. The summed E-state index contributed by atoms with van der Waals surface area (Å²) < 4.78 is 7.42. The number of hydrogen-bond acceptors (Lipinski definition) is 4. The van der Waals surface area contributed by atoms with Gasteiger partial charge in [0, 0.05) is 6.54 Å². The SMILES string of the molecule is C=CCn1c(C(C)NC(=O)Cc2ccc(OC)cc2)n[nH]c1=S. The molecule has 23 heavy (non-hydrogen) atoms. The Balaban J connectivity index is 2.01. The Hall–Kier alpha value is -2.41. The third kappa shape index (κ3) is 4.29. The number of methoxy groups -OCH3 is 1. The second-order valence-electron chi connectivity index (χ2n) is 5.10. The number of amides is 1. The van der Waals surface area contributed by atoms with Crippen LogP contribution in [0.1, 0.15) is 24.4 Å². The Morgan fingerprint density at radius 3 is 2.83 bits per heavy atom. The highest BCUT2D eigenvalue weighted by atomic mass is 32.1. The van der Waals surface area contributed by atoms with Gasteiger partial charge in [0.2, 0.25) is 5.91 Å². The van der Waals surface area contributed by atoms with E-state index >= 15 is 0 Å². The molecule has 1 unspecified atom stereocenters. The first-order chi connectivity index (χ1) is 11.0. The number of H-pyrrole nitrogens is 1. The maximum absolute atomic E-state index is 12.2. The first-order valence-corrected chi connectivity index (χ1v) is 7.64. The molecular formula is C16H20N4O2S. The summed E-state index contributed by atoms with van der Waals surface area (Å²) in [7, 11) is 1.61. The lowest BCUT2D eigenvalue weighted by Crippen LogP contribution is -2.30. The number of benzene rings is 1. The summed E-state index contributed by atoms with van der Waals surface area (Å²) in [4.78, 5) is 12.2. The van der Waals surface area contributed by atoms with Gasteiger partial charge < -0.3 is 10.1 Å². The molecule has 1 amide bonds. The molecule has 6 nitrogen and oxygen atoms in total. The quantitative estimate of drug-likeness (QED) is 0.604. The minimum absolute atomic E-state index is 0.0817. The minimum Gasteiger partial charge on any atom is -0.497 e. The van der Waals surface area contributed by atoms with Crippen LogP contribution in [0.2, 0.25) is 0 Å². The third-order valence-electron chi connectivity index (χ3n) is 3.39. The van der Waals surface area contributed by atoms with E-state index in [9.17, 15) is 4.79 Å². The summed E-state index contributed by atoms with van der Waals surface area (Å²) >= 11 is 5.17. The third-order valence-corrected chi connectivity index (χ3v) is 3.70. The Morgan fingerprint density at radius 1 is 1.52 bits per heavy atom. The van der Waals surface area contributed by atoms with Gasteiger partial charge in [-0.2, -0.15) is 5.10 Å². The fourth-order valence-corrected chi connectivity index (χ4v) is 2.47. The van der Waals surface area contributed by atoms with E-state index in [1.807, 2.05) is 31.2 Å². The predicted octanol–water partition coefficient (Wildman–Crippen LogP) is 2.56. The number of hydrogen-bond donors (Lipinski definition) is 2. The smallest absolute Gasteiger partial charge is 0.224 e. The van der Waals surface area contributed by atoms with Crippen molar-refractivity contribution in [1.82, 2.24) is 20.1 Å². The van der Waals surface area contributed by atoms with Gasteiger partial charge in [0.05, 0.1) is 19.6 Å². The number of ether oxygens (including phenoxy) is 1. The highest BCUT2D eigenvalue weighted by Crippen LogP contribution is 2.13. The molecule has 1 heterocycles. The van der Waals surface area contributed by atoms with Crippen LogP contribution in [0.5, 0.6) is 5.75 Å². The van der Waals surface area contributed by atoms with E-state index in [-0.39, 0.29) is 11.9 Å². The van der Waals surface area contributed by atoms with Crippen LogP contribution in [0.4, 0.5) is 0 Å². The van der Waals surface area contributed by atoms with Crippen LogP contribution in [0.15, 0.2) is 36.9 Å². The van der Waals surface area contributed by atoms with Gasteiger partial charge in [-0.25, -0.2) is 0 Å². The number of allylic oxidation sites excluding steroid dienone is 1. The van der Waals surface area contributed by atoms with Gasteiger partial charge in [-0.1, -0.05) is 18.2 Å². The first-order valence-electron chi connectivity index (χ1n) is 7.23. The lowest BCUT2D eigenvalue weighted by Gasteiger charge is -2.14. The molecule has 0 fully saturated rings. The molecule has 122 valence electrons. The van der Waals surface area contributed by atoms with Crippen LogP contribution in [0, 0.1) is 4.77 Å². The zero-order chi connectivity index (χ0) is 16.8. The number of carbonyl (C=O) groups excluding carboxylic acids is 1. The Bertz CT molecular complexity index is 733. The standard InChI is InChI=1S/C16H20N4O2S/c1-4-9-20-15(18-19-16(20)23)11(2)17-14(21)10-12-5-7-13(22-3)8-6-12/h4-8,11H,1,9-10H2,2-3H3,(H,17,21)(H,19,23). The second-order valence-corrected chi connectivity index (χ2v) is 5.49. The van der Waals surface area contributed by atoms with Crippen LogP contribution >= 0.6 is 12.2 Å². The zero-order valence-electron chi connectivity index (χ0n) is 13.2. The van der Waals surface area contributed by atoms with Gasteiger partial charge >= 0.3 is 0 Å². The van der Waals surface area contributed by atoms with Crippen LogP contribution < -0.4 is 10.1 Å². The molecule has 0 aliphatic rings. The number of aromatic nitrogens is 3. The number of carbonyl (C=O) groups is 1. The van der Waals surface area contributed by atoms with Crippen LogP contribution in [-0.4, -0.2) is 27.8 Å². The molecule has 7 heteroatoms. The highest BCUT2D eigenvalue weighted by Gasteiger charge is 2.16. The van der Waals surface area contributed by atoms with Crippen LogP contribution in [0.3, 0.4) is 0 Å². The Labute approximate surface area is 140 Å². The van der Waals surface area contributed by atoms with Gasteiger partial charge in [0.15, 0.2) is 10.6 Å². The molecule has 0 saturated heterocycles. The highest BCUT2D eigenvalue weighted by molar-refractivity contribution is 7.71. The van der Waals surface area contributed by atoms with Crippen molar-refractivity contribution in [2.24, 2.45) is 0 Å². The zero-order valence-corrected chi connectivity index (χ0v) is 14.0. The molecule has 0 bridgehead atoms. The number of nitrogens with one attached hydrogen (secondary N) is 2. The number of nitrogens with zero attached hydrogens (tertiary/aromatic N) is 2. The van der Waals surface area contributed by atoms with Gasteiger partial charge in [0.25, 0.3) is 0 Å². The molecule has 1 atom stereocenters. The van der Waals surface area contributed by atoms with E-state index in [0.29, 0.717) is 23.6 Å². The lowest BCUT2D eigenvalue weighted by atomic mass is 10.1. The molecule has 0 aliphatic heterocycles. The van der Waals surface area contributed by atoms with E-state index in [2.05, 4.69) is 22.1 Å². The van der Waals surface area contributed by atoms with Gasteiger partial charge in [-0.05, 0) is 36.8 Å². The summed E-state index contributed by atoms with van der Waals surface area (Å²) in [5.41, 5.74) is 0.917. The average Bonchev–Trinajstić information content (AvgIpc) is 2.89. The monoisotopic (exact) mass is 332 g/mol. The largest absolute Gasteiger partial charge is 0.497 e. The number of aromatic amines is 1. The molecule has 0 spiro atoms. The summed E-state index contributed by atoms with van der Waals surface area (Å²) in [6, 6.07) is 7.16. The van der Waals surface area contributed by atoms with Gasteiger partial charge in [-0.3, -0.25) is 14.5 Å². The van der Waals surface area contributed by atoms with Crippen LogP contribution in [0.25, 0.3) is 0 Å². The van der Waals surface area contributed by atoms with Crippen molar-refractivity contribution in [2.45, 2.75) is 25.9 Å². The van der Waals surface area contributed by atoms with Crippen LogP contribution in [-0.2, 0) is 17.8 Å². The van der Waals surface area contributed by atoms with Crippen molar-refractivity contribution in [3.05, 3.63) is 53.1 Å². The summed E-state index contributed by atoms with van der Waals surface area (Å²) in [6.45, 7) is 6.12. The first kappa shape index (κ1) is 17.0. The molecule has 2 rings (SSSR count). The van der Waals surface area contributed by atoms with Crippen molar-refractivity contribution in [2.75, 3.05) is 7.11 Å². The summed E-state index contributed by atoms with van der Waals surface area (Å²) in [6.07, 6.45) is 2.03. The Kier molecular flexibility index (Phi) is 5.70. The fourth-order valence-electron chi connectivity index (χ4n) is 2.25. The predicted molar refractivity (Wildman–Crippen MR) is 90.9 cm³/mol. The van der Waals surface area contributed by atoms with E-state index in [1.165, 1.54) is 0 Å². The molecule has 1 aromatic heterocycles. The second kappa shape index (κ2) is 7.73. The van der Waals surface area contributed by atoms with Crippen molar-refractivity contribution < 1.29 is 9.53 Å². The van der Waals surface area contributed by atoms with Crippen molar-refractivity contribution >= 4 is 18.1 Å². The molecule has 2 N–H and O–H groups in total. The summed E-state index contributed by atoms with van der Waals surface area (Å²) in [5.74, 6) is 1.36. The molecule has 0 aliphatic carbocycles. The fraction of sp³-hybridized carbons (Fsp3) is 0.312. The van der Waals surface area contributed by atoms with Crippen molar-refractivity contribution in [1.29, 1.82) is 0 Å². The molecular weight excluding hydrogens is 312 g/mol. The average molecular weight is 332 g/mol. The molecule has 0 saturated carbocycles.